The lowest BCUT2D eigenvalue weighted by atomic mass is 9.98. The zero-order chi connectivity index (χ0) is 15.2. The summed E-state index contributed by atoms with van der Waals surface area (Å²) in [5.41, 5.74) is 1.04. The number of benzene rings is 1. The van der Waals surface area contributed by atoms with Gasteiger partial charge in [-0.3, -0.25) is 0 Å². The zero-order valence-corrected chi connectivity index (χ0v) is 13.9. The van der Waals surface area contributed by atoms with Crippen LogP contribution in [0.1, 0.15) is 18.4 Å². The predicted molar refractivity (Wildman–Crippen MR) is 86.5 cm³/mol. The number of nitrogens with zero attached hydrogens (tertiary/aromatic N) is 1. The Balaban J connectivity index is 1.91. The molecule has 1 atom stereocenters. The van der Waals surface area contributed by atoms with E-state index >= 15 is 0 Å². The summed E-state index contributed by atoms with van der Waals surface area (Å²) in [5, 5.41) is 4.14. The number of likely N-dealkylation sites (tertiary alicyclic amines) is 1. The van der Waals surface area contributed by atoms with Crippen molar-refractivity contribution in [3.63, 3.8) is 0 Å². The van der Waals surface area contributed by atoms with Crippen LogP contribution >= 0.6 is 11.6 Å². The molecule has 1 saturated heterocycles. The summed E-state index contributed by atoms with van der Waals surface area (Å²) >= 11 is 6.38. The standard InChI is InChI=1S/C16H25ClN2O2/c1-19-8-4-5-12(11-19)9-18-10-13-6-7-14(20-2)16(21-3)15(13)17/h6-7,12,18H,4-5,8-11H2,1-3H3/t12-/m1/s1. The van der Waals surface area contributed by atoms with Gasteiger partial charge in [-0.1, -0.05) is 17.7 Å². The van der Waals surface area contributed by atoms with E-state index in [1.54, 1.807) is 14.2 Å². The molecule has 0 aliphatic carbocycles. The number of piperidine rings is 1. The fourth-order valence-corrected chi connectivity index (χ4v) is 3.22. The average Bonchev–Trinajstić information content (AvgIpc) is 2.48. The van der Waals surface area contributed by atoms with Crippen molar-refractivity contribution < 1.29 is 9.47 Å². The summed E-state index contributed by atoms with van der Waals surface area (Å²) in [6.45, 7) is 4.17. The Kier molecular flexibility index (Phi) is 6.15. The molecule has 1 fully saturated rings. The Morgan fingerprint density at radius 1 is 1.33 bits per heavy atom. The quantitative estimate of drug-likeness (QED) is 0.876. The van der Waals surface area contributed by atoms with Crippen molar-refractivity contribution in [3.8, 4) is 11.5 Å². The molecule has 0 unspecified atom stereocenters. The zero-order valence-electron chi connectivity index (χ0n) is 13.1. The van der Waals surface area contributed by atoms with Crippen molar-refractivity contribution in [2.75, 3.05) is 40.9 Å². The van der Waals surface area contributed by atoms with Crippen LogP contribution in [-0.4, -0.2) is 45.8 Å². The van der Waals surface area contributed by atoms with Crippen molar-refractivity contribution in [2.24, 2.45) is 5.92 Å². The van der Waals surface area contributed by atoms with E-state index < -0.39 is 0 Å². The Morgan fingerprint density at radius 2 is 2.14 bits per heavy atom. The summed E-state index contributed by atoms with van der Waals surface area (Å²) in [4.78, 5) is 2.40. The van der Waals surface area contributed by atoms with Crippen LogP contribution in [0.4, 0.5) is 0 Å². The minimum Gasteiger partial charge on any atom is -0.493 e. The average molecular weight is 313 g/mol. The number of methoxy groups -OCH3 is 2. The van der Waals surface area contributed by atoms with Crippen LogP contribution in [0.2, 0.25) is 5.02 Å². The molecule has 1 aliphatic heterocycles. The minimum atomic E-state index is 0.607. The van der Waals surface area contributed by atoms with Crippen LogP contribution in [0.5, 0.6) is 11.5 Å². The second-order valence-corrected chi connectivity index (χ2v) is 6.05. The molecule has 5 heteroatoms. The molecule has 1 heterocycles. The van der Waals surface area contributed by atoms with Crippen LogP contribution in [0.25, 0.3) is 0 Å². The number of halogens is 1. The molecule has 1 aliphatic rings. The third-order valence-electron chi connectivity index (χ3n) is 4.04. The molecule has 0 bridgehead atoms. The number of hydrogen-bond acceptors (Lipinski definition) is 4. The van der Waals surface area contributed by atoms with Crippen LogP contribution in [-0.2, 0) is 6.54 Å². The van der Waals surface area contributed by atoms with Gasteiger partial charge in [-0.05, 0) is 50.5 Å². The van der Waals surface area contributed by atoms with Gasteiger partial charge in [0.2, 0.25) is 0 Å². The lowest BCUT2D eigenvalue weighted by Crippen LogP contribution is -2.37. The van der Waals surface area contributed by atoms with Gasteiger partial charge in [0.1, 0.15) is 0 Å². The molecular weight excluding hydrogens is 288 g/mol. The molecule has 0 spiro atoms. The van der Waals surface area contributed by atoms with Gasteiger partial charge in [-0.25, -0.2) is 0 Å². The summed E-state index contributed by atoms with van der Waals surface area (Å²) in [5.74, 6) is 2.00. The summed E-state index contributed by atoms with van der Waals surface area (Å²) in [6, 6.07) is 3.89. The third-order valence-corrected chi connectivity index (χ3v) is 4.45. The highest BCUT2D eigenvalue weighted by Gasteiger charge is 2.17. The molecule has 1 N–H and O–H groups in total. The molecule has 1 aromatic carbocycles. The van der Waals surface area contributed by atoms with Gasteiger partial charge in [0, 0.05) is 13.1 Å². The number of ether oxygens (including phenoxy) is 2. The van der Waals surface area contributed by atoms with Crippen molar-refractivity contribution in [1.29, 1.82) is 0 Å². The molecule has 0 aromatic heterocycles. The second kappa shape index (κ2) is 7.87. The molecule has 21 heavy (non-hydrogen) atoms. The van der Waals surface area contributed by atoms with Gasteiger partial charge in [-0.2, -0.15) is 0 Å². The molecule has 0 amide bonds. The molecule has 118 valence electrons. The molecule has 4 nitrogen and oxygen atoms in total. The summed E-state index contributed by atoms with van der Waals surface area (Å²) in [6.07, 6.45) is 2.59. The lowest BCUT2D eigenvalue weighted by Gasteiger charge is -2.29. The van der Waals surface area contributed by atoms with Crippen molar-refractivity contribution in [1.82, 2.24) is 10.2 Å². The smallest absolute Gasteiger partial charge is 0.179 e. The highest BCUT2D eigenvalue weighted by Crippen LogP contribution is 2.37. The summed E-state index contributed by atoms with van der Waals surface area (Å²) in [7, 11) is 5.42. The van der Waals surface area contributed by atoms with E-state index in [2.05, 4.69) is 17.3 Å². The van der Waals surface area contributed by atoms with Crippen molar-refractivity contribution in [2.45, 2.75) is 19.4 Å². The van der Waals surface area contributed by atoms with Crippen LogP contribution in [0.15, 0.2) is 12.1 Å². The van der Waals surface area contributed by atoms with Gasteiger partial charge < -0.3 is 19.7 Å². The first-order chi connectivity index (χ1) is 10.2. The monoisotopic (exact) mass is 312 g/mol. The molecule has 0 saturated carbocycles. The first-order valence-corrected chi connectivity index (χ1v) is 7.82. The summed E-state index contributed by atoms with van der Waals surface area (Å²) < 4.78 is 10.6. The first-order valence-electron chi connectivity index (χ1n) is 7.44. The van der Waals surface area contributed by atoms with E-state index in [0.29, 0.717) is 16.5 Å². The van der Waals surface area contributed by atoms with Gasteiger partial charge in [0.05, 0.1) is 19.2 Å². The maximum Gasteiger partial charge on any atom is 0.179 e. The van der Waals surface area contributed by atoms with Gasteiger partial charge in [0.15, 0.2) is 11.5 Å². The van der Waals surface area contributed by atoms with E-state index in [9.17, 15) is 0 Å². The maximum absolute atomic E-state index is 6.38. The van der Waals surface area contributed by atoms with Gasteiger partial charge in [-0.15, -0.1) is 0 Å². The largest absolute Gasteiger partial charge is 0.493 e. The SMILES string of the molecule is COc1ccc(CNC[C@H]2CCCN(C)C2)c(Cl)c1OC. The van der Waals surface area contributed by atoms with Crippen LogP contribution in [0, 0.1) is 5.92 Å². The van der Waals surface area contributed by atoms with E-state index in [0.717, 1.165) is 24.6 Å². The minimum absolute atomic E-state index is 0.607. The number of nitrogens with one attached hydrogen (secondary N) is 1. The molecule has 2 rings (SSSR count). The maximum atomic E-state index is 6.38. The Hall–Kier alpha value is -0.970. The lowest BCUT2D eigenvalue weighted by molar-refractivity contribution is 0.206. The molecule has 0 radical (unpaired) electrons. The normalized spacial score (nSPS) is 19.5. The van der Waals surface area contributed by atoms with Crippen LogP contribution in [0.3, 0.4) is 0 Å². The number of hydrogen-bond donors (Lipinski definition) is 1. The number of rotatable bonds is 6. The van der Waals surface area contributed by atoms with E-state index in [4.69, 9.17) is 21.1 Å². The Morgan fingerprint density at radius 3 is 2.81 bits per heavy atom. The fourth-order valence-electron chi connectivity index (χ4n) is 2.92. The highest BCUT2D eigenvalue weighted by atomic mass is 35.5. The van der Waals surface area contributed by atoms with E-state index in [1.165, 1.54) is 25.9 Å². The van der Waals surface area contributed by atoms with Gasteiger partial charge in [0.25, 0.3) is 0 Å². The topological polar surface area (TPSA) is 33.7 Å². The van der Waals surface area contributed by atoms with E-state index in [-0.39, 0.29) is 0 Å². The second-order valence-electron chi connectivity index (χ2n) is 5.68. The Bertz CT molecular complexity index is 468. The van der Waals surface area contributed by atoms with E-state index in [1.807, 2.05) is 12.1 Å². The molecule has 1 aromatic rings. The van der Waals surface area contributed by atoms with Crippen molar-refractivity contribution >= 4 is 11.6 Å². The molecular formula is C16H25ClN2O2. The highest BCUT2D eigenvalue weighted by molar-refractivity contribution is 6.33. The van der Waals surface area contributed by atoms with Gasteiger partial charge >= 0.3 is 0 Å². The van der Waals surface area contributed by atoms with Crippen molar-refractivity contribution in [3.05, 3.63) is 22.7 Å². The fraction of sp³-hybridized carbons (Fsp3) is 0.625. The van der Waals surface area contributed by atoms with Crippen LogP contribution < -0.4 is 14.8 Å². The third kappa shape index (κ3) is 4.25. The predicted octanol–water partition coefficient (Wildman–Crippen LogP) is 2.79. The first kappa shape index (κ1) is 16.4. The Labute approximate surface area is 132 Å².